The molecule has 0 aliphatic rings. The fourth-order valence-corrected chi connectivity index (χ4v) is 2.78. The Kier molecular flexibility index (Phi) is 18.8. The van der Waals surface area contributed by atoms with E-state index in [-0.39, 0.29) is 0 Å². The molecule has 0 unspecified atom stereocenters. The van der Waals surface area contributed by atoms with E-state index >= 15 is 0 Å². The lowest BCUT2D eigenvalue weighted by Gasteiger charge is -2.03. The van der Waals surface area contributed by atoms with Gasteiger partial charge in [-0.1, -0.05) is 110 Å². The summed E-state index contributed by atoms with van der Waals surface area (Å²) in [6.07, 6.45) is 29.6. The molecule has 0 bridgehead atoms. The lowest BCUT2D eigenvalue weighted by molar-refractivity contribution is 0.267. The summed E-state index contributed by atoms with van der Waals surface area (Å²) in [6.45, 7) is 3.02. The van der Waals surface area contributed by atoms with Crippen LogP contribution in [0.2, 0.25) is 0 Å². The molecule has 0 heterocycles. The first-order valence-corrected chi connectivity index (χ1v) is 9.49. The molecule has 0 saturated heterocycles. The molecule has 0 aliphatic heterocycles. The minimum atomic E-state index is 0.731. The normalized spacial score (nSPS) is 10.5. The summed E-state index contributed by atoms with van der Waals surface area (Å²) in [4.78, 5) is 0. The zero-order valence-corrected chi connectivity index (χ0v) is 14.5. The summed E-state index contributed by atoms with van der Waals surface area (Å²) in [5.74, 6) is 0. The summed E-state index contributed by atoms with van der Waals surface area (Å²) >= 11 is 0. The first kappa shape index (κ1) is 20.4. The first-order chi connectivity index (χ1) is 10.4. The van der Waals surface area contributed by atoms with Crippen molar-refractivity contribution in [3.63, 3.8) is 0 Å². The standard InChI is InChI=1S/C20H38O/c1-3-5-6-7-8-9-10-11-12-13-14-15-16-17-18-19-20-21-4-2/h2H,3,5-20H2,1H3. The van der Waals surface area contributed by atoms with Gasteiger partial charge in [0.05, 0.1) is 0 Å². The molecule has 0 saturated carbocycles. The lowest BCUT2D eigenvalue weighted by Crippen LogP contribution is -1.88. The van der Waals surface area contributed by atoms with Crippen LogP contribution in [0.5, 0.6) is 0 Å². The zero-order chi connectivity index (χ0) is 15.4. The van der Waals surface area contributed by atoms with Crippen molar-refractivity contribution in [3.05, 3.63) is 0 Å². The van der Waals surface area contributed by atoms with Gasteiger partial charge in [0.1, 0.15) is 12.7 Å². The molecule has 0 rings (SSSR count). The Morgan fingerprint density at radius 2 is 0.905 bits per heavy atom. The van der Waals surface area contributed by atoms with Crippen LogP contribution in [-0.4, -0.2) is 6.61 Å². The average molecular weight is 295 g/mol. The van der Waals surface area contributed by atoms with E-state index in [9.17, 15) is 0 Å². The van der Waals surface area contributed by atoms with Gasteiger partial charge in [-0.25, -0.2) is 0 Å². The highest BCUT2D eigenvalue weighted by atomic mass is 16.5. The lowest BCUT2D eigenvalue weighted by atomic mass is 10.0. The highest BCUT2D eigenvalue weighted by molar-refractivity contribution is 4.67. The summed E-state index contributed by atoms with van der Waals surface area (Å²) in [5, 5.41) is 0. The van der Waals surface area contributed by atoms with Crippen LogP contribution < -0.4 is 0 Å². The van der Waals surface area contributed by atoms with Crippen molar-refractivity contribution < 1.29 is 4.74 Å². The molecule has 0 amide bonds. The molecule has 0 N–H and O–H groups in total. The van der Waals surface area contributed by atoms with E-state index in [2.05, 4.69) is 13.0 Å². The van der Waals surface area contributed by atoms with Crippen LogP contribution >= 0.6 is 0 Å². The molecule has 0 aromatic carbocycles. The van der Waals surface area contributed by atoms with E-state index in [0.29, 0.717) is 0 Å². The van der Waals surface area contributed by atoms with Crippen LogP contribution in [0.4, 0.5) is 0 Å². The molecular formula is C20H38O. The molecule has 21 heavy (non-hydrogen) atoms. The smallest absolute Gasteiger partial charge is 0.106 e. The number of rotatable bonds is 17. The molecule has 0 aliphatic carbocycles. The second-order valence-corrected chi connectivity index (χ2v) is 6.27. The highest BCUT2D eigenvalue weighted by Crippen LogP contribution is 2.13. The molecule has 0 aromatic heterocycles. The third-order valence-corrected chi connectivity index (χ3v) is 4.18. The topological polar surface area (TPSA) is 9.23 Å². The molecule has 0 fully saturated rings. The Labute approximate surface area is 134 Å². The van der Waals surface area contributed by atoms with Crippen molar-refractivity contribution >= 4 is 0 Å². The van der Waals surface area contributed by atoms with E-state index in [1.165, 1.54) is 96.3 Å². The Morgan fingerprint density at radius 3 is 1.24 bits per heavy atom. The van der Waals surface area contributed by atoms with Crippen molar-refractivity contribution in [1.82, 2.24) is 0 Å². The van der Waals surface area contributed by atoms with Crippen LogP contribution in [0.15, 0.2) is 0 Å². The Morgan fingerprint density at radius 1 is 0.571 bits per heavy atom. The van der Waals surface area contributed by atoms with Crippen molar-refractivity contribution in [2.24, 2.45) is 0 Å². The van der Waals surface area contributed by atoms with Gasteiger partial charge in [-0.15, -0.1) is 0 Å². The van der Waals surface area contributed by atoms with E-state index in [0.717, 1.165) is 13.0 Å². The maximum absolute atomic E-state index is 5.02. The zero-order valence-electron chi connectivity index (χ0n) is 14.5. The molecule has 0 aromatic rings. The van der Waals surface area contributed by atoms with E-state index < -0.39 is 0 Å². The average Bonchev–Trinajstić information content (AvgIpc) is 2.50. The number of terminal acetylenes is 1. The van der Waals surface area contributed by atoms with Gasteiger partial charge < -0.3 is 4.74 Å². The van der Waals surface area contributed by atoms with Gasteiger partial charge in [0.15, 0.2) is 0 Å². The number of unbranched alkanes of at least 4 members (excludes halogenated alkanes) is 15. The van der Waals surface area contributed by atoms with Gasteiger partial charge in [-0.3, -0.25) is 0 Å². The van der Waals surface area contributed by atoms with Crippen LogP contribution in [-0.2, 0) is 4.74 Å². The summed E-state index contributed by atoms with van der Waals surface area (Å²) in [7, 11) is 0. The van der Waals surface area contributed by atoms with Gasteiger partial charge in [0.2, 0.25) is 0 Å². The van der Waals surface area contributed by atoms with Crippen molar-refractivity contribution in [2.75, 3.05) is 6.61 Å². The Balaban J connectivity index is 2.92. The predicted octanol–water partition coefficient (Wildman–Crippen LogP) is 6.86. The molecule has 124 valence electrons. The van der Waals surface area contributed by atoms with Gasteiger partial charge in [0, 0.05) is 0 Å². The summed E-state index contributed by atoms with van der Waals surface area (Å²) < 4.78 is 4.88. The fourth-order valence-electron chi connectivity index (χ4n) is 2.78. The minimum absolute atomic E-state index is 0.731. The summed E-state index contributed by atoms with van der Waals surface area (Å²) in [6, 6.07) is 0. The number of ether oxygens (including phenoxy) is 1. The van der Waals surface area contributed by atoms with Crippen LogP contribution in [0, 0.1) is 12.5 Å². The highest BCUT2D eigenvalue weighted by Gasteiger charge is 1.94. The van der Waals surface area contributed by atoms with Crippen LogP contribution in [0.1, 0.15) is 110 Å². The van der Waals surface area contributed by atoms with E-state index in [4.69, 9.17) is 11.2 Å². The molecule has 1 nitrogen and oxygen atoms in total. The van der Waals surface area contributed by atoms with Gasteiger partial charge in [-0.05, 0) is 6.42 Å². The largest absolute Gasteiger partial charge is 0.447 e. The molecule has 0 radical (unpaired) electrons. The quantitative estimate of drug-likeness (QED) is 0.210. The van der Waals surface area contributed by atoms with E-state index in [1.807, 2.05) is 0 Å². The molecule has 1 heteroatoms. The predicted molar refractivity (Wildman–Crippen MR) is 94.3 cm³/mol. The third kappa shape index (κ3) is 19.4. The van der Waals surface area contributed by atoms with Crippen LogP contribution in [0.3, 0.4) is 0 Å². The maximum Gasteiger partial charge on any atom is 0.106 e. The van der Waals surface area contributed by atoms with E-state index in [1.54, 1.807) is 0 Å². The molecule has 0 atom stereocenters. The summed E-state index contributed by atoms with van der Waals surface area (Å²) in [5.41, 5.74) is 0. The molecule has 0 spiro atoms. The SMILES string of the molecule is C#COCCCCCCCCCCCCCCCCCC. The van der Waals surface area contributed by atoms with Crippen molar-refractivity contribution in [2.45, 2.75) is 110 Å². The second kappa shape index (κ2) is 19.4. The third-order valence-electron chi connectivity index (χ3n) is 4.18. The maximum atomic E-state index is 5.02. The van der Waals surface area contributed by atoms with Crippen molar-refractivity contribution in [3.8, 4) is 12.5 Å². The fraction of sp³-hybridized carbons (Fsp3) is 0.900. The van der Waals surface area contributed by atoms with Crippen LogP contribution in [0.25, 0.3) is 0 Å². The monoisotopic (exact) mass is 294 g/mol. The molecular weight excluding hydrogens is 256 g/mol. The minimum Gasteiger partial charge on any atom is -0.447 e. The second-order valence-electron chi connectivity index (χ2n) is 6.27. The van der Waals surface area contributed by atoms with Crippen molar-refractivity contribution in [1.29, 1.82) is 0 Å². The first-order valence-electron chi connectivity index (χ1n) is 9.49. The number of hydrogen-bond acceptors (Lipinski definition) is 1. The Hall–Kier alpha value is -0.640. The van der Waals surface area contributed by atoms with Gasteiger partial charge >= 0.3 is 0 Å². The van der Waals surface area contributed by atoms with Gasteiger partial charge in [-0.2, -0.15) is 0 Å². The number of hydrogen-bond donors (Lipinski definition) is 0. The Bertz CT molecular complexity index is 216. The van der Waals surface area contributed by atoms with Gasteiger partial charge in [0.25, 0.3) is 0 Å².